The Bertz CT molecular complexity index is 296. The number of carbonyl (C=O) groups excluding carboxylic acids is 1. The summed E-state index contributed by atoms with van der Waals surface area (Å²) in [7, 11) is -1.68. The lowest BCUT2D eigenvalue weighted by molar-refractivity contribution is -0.146. The van der Waals surface area contributed by atoms with Crippen LogP contribution in [0, 0.1) is 5.92 Å². The predicted octanol–water partition coefficient (Wildman–Crippen LogP) is 0.637. The van der Waals surface area contributed by atoms with Gasteiger partial charge in [0.15, 0.2) is 9.84 Å². The molecule has 0 saturated heterocycles. The molecule has 0 rings (SSSR count). The van der Waals surface area contributed by atoms with E-state index in [1.54, 1.807) is 13.8 Å². The second-order valence-corrected chi connectivity index (χ2v) is 5.84. The fraction of sp³-hybridized carbons (Fsp3) is 0.900. The molecule has 0 aliphatic heterocycles. The van der Waals surface area contributed by atoms with Gasteiger partial charge >= 0.3 is 5.97 Å². The molecule has 0 aromatic heterocycles. The predicted molar refractivity (Wildman–Crippen MR) is 60.9 cm³/mol. The summed E-state index contributed by atoms with van der Waals surface area (Å²) in [5, 5.41) is 0. The van der Waals surface area contributed by atoms with E-state index >= 15 is 0 Å². The Hall–Kier alpha value is -0.620. The first-order valence-electron chi connectivity index (χ1n) is 5.29. The van der Waals surface area contributed by atoms with Gasteiger partial charge in [0, 0.05) is 13.7 Å². The van der Waals surface area contributed by atoms with Crippen molar-refractivity contribution in [2.45, 2.75) is 20.3 Å². The number of hydrogen-bond donors (Lipinski definition) is 0. The average molecular weight is 252 g/mol. The van der Waals surface area contributed by atoms with E-state index in [-0.39, 0.29) is 18.1 Å². The maximum absolute atomic E-state index is 11.6. The fourth-order valence-corrected chi connectivity index (χ4v) is 2.86. The Kier molecular flexibility index (Phi) is 7.33. The van der Waals surface area contributed by atoms with Crippen LogP contribution in [0.3, 0.4) is 0 Å². The van der Waals surface area contributed by atoms with Gasteiger partial charge in [-0.05, 0) is 13.3 Å². The minimum Gasteiger partial charge on any atom is -0.466 e. The molecular weight excluding hydrogens is 232 g/mol. The van der Waals surface area contributed by atoms with Crippen LogP contribution in [0.2, 0.25) is 0 Å². The number of hydrogen-bond acceptors (Lipinski definition) is 5. The van der Waals surface area contributed by atoms with Crippen molar-refractivity contribution in [2.75, 3.05) is 31.8 Å². The topological polar surface area (TPSA) is 69.7 Å². The molecule has 0 fully saturated rings. The van der Waals surface area contributed by atoms with Gasteiger partial charge in [0.05, 0.1) is 24.0 Å². The second kappa shape index (κ2) is 7.62. The molecule has 0 bridgehead atoms. The van der Waals surface area contributed by atoms with Crippen molar-refractivity contribution >= 4 is 15.8 Å². The molecule has 96 valence electrons. The number of ether oxygens (including phenoxy) is 2. The molecule has 16 heavy (non-hydrogen) atoms. The Labute approximate surface area is 97.0 Å². The lowest BCUT2D eigenvalue weighted by Gasteiger charge is -2.10. The smallest absolute Gasteiger partial charge is 0.309 e. The van der Waals surface area contributed by atoms with E-state index in [0.717, 1.165) is 0 Å². The Balaban J connectivity index is 4.09. The van der Waals surface area contributed by atoms with Gasteiger partial charge in [-0.15, -0.1) is 0 Å². The van der Waals surface area contributed by atoms with Crippen molar-refractivity contribution in [3.05, 3.63) is 0 Å². The maximum atomic E-state index is 11.6. The van der Waals surface area contributed by atoms with Crippen molar-refractivity contribution in [2.24, 2.45) is 5.92 Å². The number of esters is 1. The number of carbonyl (C=O) groups is 1. The first kappa shape index (κ1) is 15.4. The molecule has 0 spiro atoms. The van der Waals surface area contributed by atoms with Crippen molar-refractivity contribution in [3.8, 4) is 0 Å². The molecule has 0 radical (unpaired) electrons. The van der Waals surface area contributed by atoms with Gasteiger partial charge in [-0.2, -0.15) is 0 Å². The van der Waals surface area contributed by atoms with Crippen LogP contribution in [-0.2, 0) is 24.1 Å². The highest BCUT2D eigenvalue weighted by Crippen LogP contribution is 2.06. The first-order valence-corrected chi connectivity index (χ1v) is 7.11. The van der Waals surface area contributed by atoms with E-state index in [4.69, 9.17) is 9.47 Å². The van der Waals surface area contributed by atoms with Crippen LogP contribution in [0.25, 0.3) is 0 Å². The normalized spacial score (nSPS) is 13.4. The van der Waals surface area contributed by atoms with E-state index in [9.17, 15) is 13.2 Å². The summed E-state index contributed by atoms with van der Waals surface area (Å²) in [5.41, 5.74) is 0. The molecule has 0 aliphatic rings. The van der Waals surface area contributed by atoms with Gasteiger partial charge in [-0.1, -0.05) is 6.92 Å². The molecule has 0 aromatic rings. The zero-order valence-electron chi connectivity index (χ0n) is 10.1. The van der Waals surface area contributed by atoms with Crippen LogP contribution >= 0.6 is 0 Å². The van der Waals surface area contributed by atoms with Gasteiger partial charge in [0.2, 0.25) is 0 Å². The van der Waals surface area contributed by atoms with Gasteiger partial charge in [0.1, 0.15) is 0 Å². The van der Waals surface area contributed by atoms with E-state index in [0.29, 0.717) is 13.0 Å². The first-order chi connectivity index (χ1) is 7.43. The molecule has 0 aromatic carbocycles. The van der Waals surface area contributed by atoms with E-state index in [2.05, 4.69) is 0 Å². The molecule has 6 heteroatoms. The lowest BCUT2D eigenvalue weighted by atomic mass is 10.2. The summed E-state index contributed by atoms with van der Waals surface area (Å²) < 4.78 is 32.6. The molecular formula is C10H20O5S. The highest BCUT2D eigenvalue weighted by molar-refractivity contribution is 7.91. The van der Waals surface area contributed by atoms with Gasteiger partial charge in [0.25, 0.3) is 0 Å². The Morgan fingerprint density at radius 1 is 1.38 bits per heavy atom. The largest absolute Gasteiger partial charge is 0.466 e. The third-order valence-electron chi connectivity index (χ3n) is 2.00. The van der Waals surface area contributed by atoms with Crippen molar-refractivity contribution in [1.29, 1.82) is 0 Å². The maximum Gasteiger partial charge on any atom is 0.309 e. The van der Waals surface area contributed by atoms with Crippen molar-refractivity contribution in [1.82, 2.24) is 0 Å². The zero-order chi connectivity index (χ0) is 12.6. The van der Waals surface area contributed by atoms with Crippen molar-refractivity contribution < 1.29 is 22.7 Å². The molecule has 5 nitrogen and oxygen atoms in total. The molecule has 1 unspecified atom stereocenters. The third kappa shape index (κ3) is 6.79. The Morgan fingerprint density at radius 3 is 2.50 bits per heavy atom. The monoisotopic (exact) mass is 252 g/mol. The van der Waals surface area contributed by atoms with E-state index in [1.165, 1.54) is 7.11 Å². The lowest BCUT2D eigenvalue weighted by Crippen LogP contribution is -2.25. The fourth-order valence-electron chi connectivity index (χ4n) is 1.24. The molecule has 0 aliphatic carbocycles. The Morgan fingerprint density at radius 2 is 2.00 bits per heavy atom. The summed E-state index contributed by atoms with van der Waals surface area (Å²) in [5.74, 6) is -1.18. The number of sulfone groups is 1. The molecule has 0 amide bonds. The third-order valence-corrected chi connectivity index (χ3v) is 3.92. The number of rotatable bonds is 8. The van der Waals surface area contributed by atoms with Crippen molar-refractivity contribution in [3.63, 3.8) is 0 Å². The van der Waals surface area contributed by atoms with Gasteiger partial charge in [-0.3, -0.25) is 4.79 Å². The summed E-state index contributed by atoms with van der Waals surface area (Å²) in [6.45, 7) is 3.93. The summed E-state index contributed by atoms with van der Waals surface area (Å²) in [6, 6.07) is 0. The second-order valence-electron chi connectivity index (χ2n) is 3.61. The average Bonchev–Trinajstić information content (AvgIpc) is 2.17. The quantitative estimate of drug-likeness (QED) is 0.468. The standard InChI is InChI=1S/C10H20O5S/c1-4-15-10(11)9(2)8-16(12,13)7-5-6-14-3/h9H,4-8H2,1-3H3. The van der Waals surface area contributed by atoms with E-state index < -0.39 is 21.7 Å². The highest BCUT2D eigenvalue weighted by atomic mass is 32.2. The van der Waals surface area contributed by atoms with Gasteiger partial charge < -0.3 is 9.47 Å². The SMILES string of the molecule is CCOC(=O)C(C)CS(=O)(=O)CCCOC. The van der Waals surface area contributed by atoms with Crippen LogP contribution < -0.4 is 0 Å². The van der Waals surface area contributed by atoms with E-state index in [1.807, 2.05) is 0 Å². The van der Waals surface area contributed by atoms with Crippen LogP contribution in [0.15, 0.2) is 0 Å². The van der Waals surface area contributed by atoms with Crippen LogP contribution in [0.1, 0.15) is 20.3 Å². The number of methoxy groups -OCH3 is 1. The minimum absolute atomic E-state index is 0.0462. The van der Waals surface area contributed by atoms with Crippen LogP contribution in [-0.4, -0.2) is 46.2 Å². The summed E-state index contributed by atoms with van der Waals surface area (Å²) in [6.07, 6.45) is 0.453. The minimum atomic E-state index is -3.20. The summed E-state index contributed by atoms with van der Waals surface area (Å²) >= 11 is 0. The van der Waals surface area contributed by atoms with Gasteiger partial charge in [-0.25, -0.2) is 8.42 Å². The molecule has 0 heterocycles. The highest BCUT2D eigenvalue weighted by Gasteiger charge is 2.22. The summed E-state index contributed by atoms with van der Waals surface area (Å²) in [4.78, 5) is 11.2. The zero-order valence-corrected chi connectivity index (χ0v) is 10.9. The van der Waals surface area contributed by atoms with Crippen LogP contribution in [0.4, 0.5) is 0 Å². The van der Waals surface area contributed by atoms with Crippen LogP contribution in [0.5, 0.6) is 0 Å². The molecule has 0 N–H and O–H groups in total. The molecule has 1 atom stereocenters. The molecule has 0 saturated carbocycles.